The van der Waals surface area contributed by atoms with E-state index in [1.54, 1.807) is 12.4 Å². The molecule has 1 heterocycles. The summed E-state index contributed by atoms with van der Waals surface area (Å²) in [4.78, 5) is 16.7. The van der Waals surface area contributed by atoms with Crippen molar-refractivity contribution < 1.29 is 9.53 Å². The third-order valence-electron chi connectivity index (χ3n) is 4.27. The first kappa shape index (κ1) is 15.0. The van der Waals surface area contributed by atoms with E-state index in [1.165, 1.54) is 19.3 Å². The van der Waals surface area contributed by atoms with Crippen molar-refractivity contribution in [2.75, 3.05) is 6.61 Å². The molecular formula is C17H25NO2. The highest BCUT2D eigenvalue weighted by Crippen LogP contribution is 2.32. The number of carbonyl (C=O) groups is 1. The van der Waals surface area contributed by atoms with Gasteiger partial charge in [0.05, 0.1) is 12.8 Å². The van der Waals surface area contributed by atoms with Gasteiger partial charge in [-0.3, -0.25) is 9.78 Å². The van der Waals surface area contributed by atoms with Gasteiger partial charge in [0.15, 0.2) is 5.78 Å². The zero-order chi connectivity index (χ0) is 14.4. The lowest BCUT2D eigenvalue weighted by atomic mass is 9.78. The van der Waals surface area contributed by atoms with E-state index >= 15 is 0 Å². The Kier molecular flexibility index (Phi) is 5.57. The summed E-state index contributed by atoms with van der Waals surface area (Å²) in [5, 5.41) is 0. The average Bonchev–Trinajstić information content (AvgIpc) is 2.52. The number of hydrogen-bond donors (Lipinski definition) is 0. The monoisotopic (exact) mass is 275 g/mol. The molecule has 1 aromatic rings. The molecule has 1 saturated carbocycles. The van der Waals surface area contributed by atoms with E-state index in [1.807, 2.05) is 6.07 Å². The molecule has 1 fully saturated rings. The topological polar surface area (TPSA) is 39.2 Å². The molecule has 0 radical (unpaired) electrons. The largest absolute Gasteiger partial charge is 0.492 e. The highest BCUT2D eigenvalue weighted by atomic mass is 16.5. The van der Waals surface area contributed by atoms with Gasteiger partial charge in [-0.15, -0.1) is 0 Å². The molecule has 20 heavy (non-hydrogen) atoms. The van der Waals surface area contributed by atoms with E-state index < -0.39 is 0 Å². The SMILES string of the molecule is CCCOc1cncc(C(=O)C2CCC(CC)CC2)c1. The molecule has 0 spiro atoms. The van der Waals surface area contributed by atoms with Crippen LogP contribution in [0.15, 0.2) is 18.5 Å². The zero-order valence-electron chi connectivity index (χ0n) is 12.6. The molecule has 0 bridgehead atoms. The van der Waals surface area contributed by atoms with E-state index in [-0.39, 0.29) is 11.7 Å². The molecule has 1 aliphatic carbocycles. The Hall–Kier alpha value is -1.38. The minimum absolute atomic E-state index is 0.182. The minimum Gasteiger partial charge on any atom is -0.492 e. The number of nitrogens with zero attached hydrogens (tertiary/aromatic N) is 1. The van der Waals surface area contributed by atoms with E-state index in [0.717, 1.165) is 25.2 Å². The molecule has 0 atom stereocenters. The molecule has 110 valence electrons. The molecule has 1 aromatic heterocycles. The third-order valence-corrected chi connectivity index (χ3v) is 4.27. The van der Waals surface area contributed by atoms with Gasteiger partial charge in [-0.25, -0.2) is 0 Å². The average molecular weight is 275 g/mol. The molecular weight excluding hydrogens is 250 g/mol. The molecule has 3 heteroatoms. The van der Waals surface area contributed by atoms with Crippen molar-refractivity contribution in [1.29, 1.82) is 0 Å². The number of pyridine rings is 1. The maximum atomic E-state index is 12.5. The normalized spacial score (nSPS) is 22.5. The number of aromatic nitrogens is 1. The van der Waals surface area contributed by atoms with Crippen LogP contribution in [0.2, 0.25) is 0 Å². The van der Waals surface area contributed by atoms with Gasteiger partial charge in [-0.2, -0.15) is 0 Å². The van der Waals surface area contributed by atoms with Gasteiger partial charge in [0, 0.05) is 17.7 Å². The maximum absolute atomic E-state index is 12.5. The molecule has 0 saturated heterocycles. The number of carbonyl (C=O) groups excluding carboxylic acids is 1. The summed E-state index contributed by atoms with van der Waals surface area (Å²) in [6, 6.07) is 1.84. The first-order valence-corrected chi connectivity index (χ1v) is 7.86. The van der Waals surface area contributed by atoms with Gasteiger partial charge in [-0.05, 0) is 44.1 Å². The smallest absolute Gasteiger partial charge is 0.167 e. The van der Waals surface area contributed by atoms with Crippen molar-refractivity contribution in [2.24, 2.45) is 11.8 Å². The summed E-state index contributed by atoms with van der Waals surface area (Å²) >= 11 is 0. The number of Topliss-reactive ketones (excluding diaryl/α,β-unsaturated/α-hetero) is 1. The fourth-order valence-corrected chi connectivity index (χ4v) is 2.92. The molecule has 3 nitrogen and oxygen atoms in total. The zero-order valence-corrected chi connectivity index (χ0v) is 12.6. The van der Waals surface area contributed by atoms with Crippen LogP contribution in [-0.4, -0.2) is 17.4 Å². The van der Waals surface area contributed by atoms with Crippen LogP contribution in [0.25, 0.3) is 0 Å². The van der Waals surface area contributed by atoms with Crippen molar-refractivity contribution in [3.63, 3.8) is 0 Å². The van der Waals surface area contributed by atoms with Gasteiger partial charge in [-0.1, -0.05) is 20.3 Å². The third kappa shape index (κ3) is 3.81. The summed E-state index contributed by atoms with van der Waals surface area (Å²) in [6.45, 7) is 4.97. The highest BCUT2D eigenvalue weighted by Gasteiger charge is 2.26. The number of ether oxygens (including phenoxy) is 1. The van der Waals surface area contributed by atoms with Crippen LogP contribution < -0.4 is 4.74 Å². The fourth-order valence-electron chi connectivity index (χ4n) is 2.92. The first-order valence-electron chi connectivity index (χ1n) is 7.86. The standard InChI is InChI=1S/C17H25NO2/c1-3-9-20-16-10-15(11-18-12-16)17(19)14-7-5-13(4-2)6-8-14/h10-14H,3-9H2,1-2H3. The maximum Gasteiger partial charge on any atom is 0.167 e. The Balaban J connectivity index is 1.98. The summed E-state index contributed by atoms with van der Waals surface area (Å²) in [5.41, 5.74) is 0.707. The molecule has 0 N–H and O–H groups in total. The predicted octanol–water partition coefficient (Wildman–Crippen LogP) is 4.27. The second-order valence-electron chi connectivity index (χ2n) is 5.75. The van der Waals surface area contributed by atoms with Crippen LogP contribution in [-0.2, 0) is 0 Å². The van der Waals surface area contributed by atoms with Crippen LogP contribution in [0.1, 0.15) is 62.7 Å². The minimum atomic E-state index is 0.182. The molecule has 0 unspecified atom stereocenters. The van der Waals surface area contributed by atoms with Gasteiger partial charge < -0.3 is 4.74 Å². The Morgan fingerprint density at radius 2 is 2.00 bits per heavy atom. The molecule has 0 aromatic carbocycles. The highest BCUT2D eigenvalue weighted by molar-refractivity contribution is 5.97. The molecule has 0 amide bonds. The number of ketones is 1. The fraction of sp³-hybridized carbons (Fsp3) is 0.647. The van der Waals surface area contributed by atoms with Crippen molar-refractivity contribution >= 4 is 5.78 Å². The van der Waals surface area contributed by atoms with Gasteiger partial charge in [0.25, 0.3) is 0 Å². The van der Waals surface area contributed by atoms with Crippen LogP contribution in [0, 0.1) is 11.8 Å². The van der Waals surface area contributed by atoms with Crippen molar-refractivity contribution in [2.45, 2.75) is 52.4 Å². The Bertz CT molecular complexity index is 436. The quantitative estimate of drug-likeness (QED) is 0.728. The Morgan fingerprint density at radius 1 is 1.25 bits per heavy atom. The van der Waals surface area contributed by atoms with E-state index in [2.05, 4.69) is 18.8 Å². The lowest BCUT2D eigenvalue weighted by Gasteiger charge is -2.26. The second-order valence-corrected chi connectivity index (χ2v) is 5.75. The van der Waals surface area contributed by atoms with Crippen molar-refractivity contribution in [3.05, 3.63) is 24.0 Å². The summed E-state index contributed by atoms with van der Waals surface area (Å²) in [6.07, 6.45) is 9.98. The van der Waals surface area contributed by atoms with Gasteiger partial charge in [0.2, 0.25) is 0 Å². The van der Waals surface area contributed by atoms with Crippen LogP contribution in [0.5, 0.6) is 5.75 Å². The van der Waals surface area contributed by atoms with E-state index in [4.69, 9.17) is 4.74 Å². The molecule has 0 aliphatic heterocycles. The van der Waals surface area contributed by atoms with Crippen molar-refractivity contribution in [1.82, 2.24) is 4.98 Å². The summed E-state index contributed by atoms with van der Waals surface area (Å²) in [7, 11) is 0. The van der Waals surface area contributed by atoms with Crippen LogP contribution in [0.4, 0.5) is 0 Å². The lowest BCUT2D eigenvalue weighted by molar-refractivity contribution is 0.0870. The Labute approximate surface area is 121 Å². The van der Waals surface area contributed by atoms with Gasteiger partial charge in [0.1, 0.15) is 5.75 Å². The van der Waals surface area contributed by atoms with E-state index in [0.29, 0.717) is 17.9 Å². The van der Waals surface area contributed by atoms with Crippen LogP contribution in [0.3, 0.4) is 0 Å². The summed E-state index contributed by atoms with van der Waals surface area (Å²) in [5.74, 6) is 1.95. The molecule has 2 rings (SSSR count). The number of rotatable bonds is 6. The van der Waals surface area contributed by atoms with E-state index in [9.17, 15) is 4.79 Å². The predicted molar refractivity (Wildman–Crippen MR) is 80.1 cm³/mol. The molecule has 1 aliphatic rings. The first-order chi connectivity index (χ1) is 9.74. The van der Waals surface area contributed by atoms with Crippen LogP contribution >= 0.6 is 0 Å². The Morgan fingerprint density at radius 3 is 2.65 bits per heavy atom. The summed E-state index contributed by atoms with van der Waals surface area (Å²) < 4.78 is 5.55. The number of hydrogen-bond acceptors (Lipinski definition) is 3. The van der Waals surface area contributed by atoms with Gasteiger partial charge >= 0.3 is 0 Å². The lowest BCUT2D eigenvalue weighted by Crippen LogP contribution is -2.22. The van der Waals surface area contributed by atoms with Crippen molar-refractivity contribution in [3.8, 4) is 5.75 Å². The second kappa shape index (κ2) is 7.41.